The normalized spacial score (nSPS) is 16.2. The zero-order valence-corrected chi connectivity index (χ0v) is 12.6. The number of anilines is 2. The molecule has 7 nitrogen and oxygen atoms in total. The van der Waals surface area contributed by atoms with Crippen LogP contribution in [-0.4, -0.2) is 66.2 Å². The molecule has 2 rings (SSSR count). The minimum atomic E-state index is 0.402. The highest BCUT2D eigenvalue weighted by atomic mass is 16.5. The first-order valence-corrected chi connectivity index (χ1v) is 7.30. The molecule has 0 aromatic carbocycles. The summed E-state index contributed by atoms with van der Waals surface area (Å²) in [7, 11) is 1.80. The Kier molecular flexibility index (Phi) is 5.34. The van der Waals surface area contributed by atoms with Crippen molar-refractivity contribution in [3.8, 4) is 6.01 Å². The maximum atomic E-state index is 5.53. The molecule has 0 saturated carbocycles. The summed E-state index contributed by atoms with van der Waals surface area (Å²) in [6.45, 7) is 9.93. The summed E-state index contributed by atoms with van der Waals surface area (Å²) in [5.74, 6) is 1.25. The van der Waals surface area contributed by atoms with E-state index in [1.165, 1.54) is 0 Å². The van der Waals surface area contributed by atoms with E-state index in [0.717, 1.165) is 39.1 Å². The van der Waals surface area contributed by atoms with E-state index in [4.69, 9.17) is 4.74 Å². The Hall–Kier alpha value is -1.63. The lowest BCUT2D eigenvalue weighted by Crippen LogP contribution is -2.46. The van der Waals surface area contributed by atoms with Crippen molar-refractivity contribution in [1.82, 2.24) is 19.9 Å². The Morgan fingerprint density at radius 1 is 1.10 bits per heavy atom. The summed E-state index contributed by atoms with van der Waals surface area (Å²) in [6, 6.07) is 0.402. The fourth-order valence-electron chi connectivity index (χ4n) is 2.12. The summed E-state index contributed by atoms with van der Waals surface area (Å²) < 4.78 is 5.53. The van der Waals surface area contributed by atoms with Gasteiger partial charge in [0.25, 0.3) is 0 Å². The van der Waals surface area contributed by atoms with Crippen molar-refractivity contribution < 1.29 is 4.74 Å². The summed E-state index contributed by atoms with van der Waals surface area (Å²) in [6.07, 6.45) is 0.936. The zero-order chi connectivity index (χ0) is 14.4. The van der Waals surface area contributed by atoms with Crippen LogP contribution in [0.1, 0.15) is 20.3 Å². The van der Waals surface area contributed by atoms with E-state index in [-0.39, 0.29) is 0 Å². The SMILES string of the molecule is CCCOc1nc(NC)nc(N2CCN(CC)CC2)n1. The second-order valence-corrected chi connectivity index (χ2v) is 4.76. The van der Waals surface area contributed by atoms with Crippen LogP contribution in [0.2, 0.25) is 0 Å². The second kappa shape index (κ2) is 7.23. The molecule has 1 aromatic heterocycles. The van der Waals surface area contributed by atoms with Gasteiger partial charge >= 0.3 is 6.01 Å². The number of likely N-dealkylation sites (N-methyl/N-ethyl adjacent to an activating group) is 1. The zero-order valence-electron chi connectivity index (χ0n) is 12.6. The van der Waals surface area contributed by atoms with Crippen molar-refractivity contribution in [2.24, 2.45) is 0 Å². The molecule has 0 atom stereocenters. The molecule has 112 valence electrons. The molecule has 0 radical (unpaired) electrons. The maximum absolute atomic E-state index is 5.53. The van der Waals surface area contributed by atoms with Crippen LogP contribution < -0.4 is 15.0 Å². The van der Waals surface area contributed by atoms with E-state index in [2.05, 4.69) is 43.9 Å². The van der Waals surface area contributed by atoms with Crippen LogP contribution in [0.4, 0.5) is 11.9 Å². The van der Waals surface area contributed by atoms with Gasteiger partial charge in [0.2, 0.25) is 11.9 Å². The topological polar surface area (TPSA) is 66.4 Å². The van der Waals surface area contributed by atoms with Gasteiger partial charge in [-0.1, -0.05) is 13.8 Å². The highest BCUT2D eigenvalue weighted by Gasteiger charge is 2.19. The summed E-state index contributed by atoms with van der Waals surface area (Å²) >= 11 is 0. The van der Waals surface area contributed by atoms with Gasteiger partial charge in [0.05, 0.1) is 6.61 Å². The standard InChI is InChI=1S/C13H24N6O/c1-4-10-20-13-16-11(14-3)15-12(17-13)19-8-6-18(5-2)7-9-19/h4-10H2,1-3H3,(H,14,15,16,17). The van der Waals surface area contributed by atoms with Gasteiger partial charge in [-0.15, -0.1) is 0 Å². The van der Waals surface area contributed by atoms with Gasteiger partial charge in [-0.05, 0) is 13.0 Å². The molecule has 0 spiro atoms. The first-order valence-electron chi connectivity index (χ1n) is 7.30. The van der Waals surface area contributed by atoms with Crippen molar-refractivity contribution in [3.05, 3.63) is 0 Å². The maximum Gasteiger partial charge on any atom is 0.323 e. The average molecular weight is 280 g/mol. The lowest BCUT2D eigenvalue weighted by Gasteiger charge is -2.34. The number of ether oxygens (including phenoxy) is 1. The van der Waals surface area contributed by atoms with E-state index in [9.17, 15) is 0 Å². The molecule has 1 N–H and O–H groups in total. The van der Waals surface area contributed by atoms with Crippen LogP contribution in [0, 0.1) is 0 Å². The number of piperazine rings is 1. The Morgan fingerprint density at radius 2 is 1.85 bits per heavy atom. The van der Waals surface area contributed by atoms with Gasteiger partial charge in [-0.3, -0.25) is 0 Å². The predicted molar refractivity (Wildman–Crippen MR) is 79.5 cm³/mol. The average Bonchev–Trinajstić information content (AvgIpc) is 2.52. The van der Waals surface area contributed by atoms with Crippen molar-refractivity contribution in [2.75, 3.05) is 56.6 Å². The molecular weight excluding hydrogens is 256 g/mol. The molecule has 0 aliphatic carbocycles. The van der Waals surface area contributed by atoms with Gasteiger partial charge in [-0.25, -0.2) is 0 Å². The van der Waals surface area contributed by atoms with Crippen LogP contribution in [0.5, 0.6) is 6.01 Å². The minimum Gasteiger partial charge on any atom is -0.463 e. The van der Waals surface area contributed by atoms with E-state index < -0.39 is 0 Å². The quantitative estimate of drug-likeness (QED) is 0.828. The number of hydrogen-bond donors (Lipinski definition) is 1. The van der Waals surface area contributed by atoms with Crippen LogP contribution in [0.3, 0.4) is 0 Å². The van der Waals surface area contributed by atoms with E-state index in [0.29, 0.717) is 24.5 Å². The van der Waals surface area contributed by atoms with Crippen molar-refractivity contribution in [3.63, 3.8) is 0 Å². The monoisotopic (exact) mass is 280 g/mol. The van der Waals surface area contributed by atoms with Crippen LogP contribution >= 0.6 is 0 Å². The minimum absolute atomic E-state index is 0.402. The van der Waals surface area contributed by atoms with Crippen LogP contribution in [0.15, 0.2) is 0 Å². The molecule has 1 aliphatic heterocycles. The number of nitrogens with zero attached hydrogens (tertiary/aromatic N) is 5. The van der Waals surface area contributed by atoms with Gasteiger partial charge in [0.1, 0.15) is 0 Å². The third kappa shape index (κ3) is 3.69. The molecule has 20 heavy (non-hydrogen) atoms. The van der Waals surface area contributed by atoms with Crippen molar-refractivity contribution in [2.45, 2.75) is 20.3 Å². The largest absolute Gasteiger partial charge is 0.463 e. The smallest absolute Gasteiger partial charge is 0.323 e. The molecule has 2 heterocycles. The van der Waals surface area contributed by atoms with E-state index in [1.807, 2.05) is 0 Å². The first-order chi connectivity index (χ1) is 9.76. The van der Waals surface area contributed by atoms with Crippen LogP contribution in [-0.2, 0) is 0 Å². The molecule has 7 heteroatoms. The highest BCUT2D eigenvalue weighted by molar-refractivity contribution is 5.38. The third-order valence-electron chi connectivity index (χ3n) is 3.36. The van der Waals surface area contributed by atoms with Gasteiger partial charge in [-0.2, -0.15) is 15.0 Å². The molecule has 1 aliphatic rings. The Morgan fingerprint density at radius 3 is 2.45 bits per heavy atom. The molecule has 1 saturated heterocycles. The molecular formula is C13H24N6O. The summed E-state index contributed by atoms with van der Waals surface area (Å²) in [4.78, 5) is 17.7. The van der Waals surface area contributed by atoms with Gasteiger partial charge in [0, 0.05) is 33.2 Å². The number of hydrogen-bond acceptors (Lipinski definition) is 7. The molecule has 1 fully saturated rings. The molecule has 0 bridgehead atoms. The lowest BCUT2D eigenvalue weighted by atomic mass is 10.3. The Bertz CT molecular complexity index is 419. The number of aromatic nitrogens is 3. The summed E-state index contributed by atoms with van der Waals surface area (Å²) in [5.41, 5.74) is 0. The first kappa shape index (κ1) is 14.8. The predicted octanol–water partition coefficient (Wildman–Crippen LogP) is 0.844. The highest BCUT2D eigenvalue weighted by Crippen LogP contribution is 2.16. The van der Waals surface area contributed by atoms with Crippen molar-refractivity contribution >= 4 is 11.9 Å². The molecule has 1 aromatic rings. The number of nitrogens with one attached hydrogen (secondary N) is 1. The Labute approximate surface area is 120 Å². The van der Waals surface area contributed by atoms with E-state index >= 15 is 0 Å². The second-order valence-electron chi connectivity index (χ2n) is 4.76. The third-order valence-corrected chi connectivity index (χ3v) is 3.36. The summed E-state index contributed by atoms with van der Waals surface area (Å²) in [5, 5.41) is 2.96. The van der Waals surface area contributed by atoms with Crippen LogP contribution in [0.25, 0.3) is 0 Å². The Balaban J connectivity index is 2.10. The van der Waals surface area contributed by atoms with Gasteiger partial charge in [0.15, 0.2) is 0 Å². The fraction of sp³-hybridized carbons (Fsp3) is 0.769. The van der Waals surface area contributed by atoms with Crippen molar-refractivity contribution in [1.29, 1.82) is 0 Å². The van der Waals surface area contributed by atoms with E-state index in [1.54, 1.807) is 7.05 Å². The molecule has 0 amide bonds. The van der Waals surface area contributed by atoms with Gasteiger partial charge < -0.3 is 19.9 Å². The number of rotatable bonds is 6. The molecule has 0 unspecified atom stereocenters. The fourth-order valence-corrected chi connectivity index (χ4v) is 2.12. The lowest BCUT2D eigenvalue weighted by molar-refractivity contribution is 0.267.